The number of aryl methyl sites for hydroxylation is 2. The molecule has 0 spiro atoms. The van der Waals surface area contributed by atoms with Gasteiger partial charge in [-0.05, 0) is 68.8 Å². The second-order valence-electron chi connectivity index (χ2n) is 17.3. The largest absolute Gasteiger partial charge is 0 e. The quantitative estimate of drug-likeness (QED) is 0.0947. The van der Waals surface area contributed by atoms with E-state index in [0.29, 0.717) is 28.7 Å². The maximum atomic E-state index is 7.82. The number of pyridine rings is 1. The third kappa shape index (κ3) is 7.89. The van der Waals surface area contributed by atoms with Crippen molar-refractivity contribution in [2.24, 2.45) is 0 Å². The second-order valence-corrected chi connectivity index (χ2v) is 27.8. The Kier molecular flexibility index (Phi) is 9.75. The van der Waals surface area contributed by atoms with E-state index in [1.807, 2.05) is 6.07 Å². The third-order valence-corrected chi connectivity index (χ3v) is 15.7. The van der Waals surface area contributed by atoms with Gasteiger partial charge in [-0.25, -0.2) is 0 Å². The van der Waals surface area contributed by atoms with Gasteiger partial charge >= 0.3 is 121 Å². The molecule has 4 nitrogen and oxygen atoms in total. The molecule has 0 N–H and O–H groups in total. The first kappa shape index (κ1) is 35.3. The molecule has 0 amide bonds. The van der Waals surface area contributed by atoms with Crippen molar-refractivity contribution in [1.82, 2.24) is 14.5 Å². The van der Waals surface area contributed by atoms with Gasteiger partial charge in [0.1, 0.15) is 5.58 Å². The number of hydrogen-bond acceptors (Lipinski definition) is 3. The van der Waals surface area contributed by atoms with Crippen LogP contribution >= 0.6 is 0 Å². The van der Waals surface area contributed by atoms with Gasteiger partial charge in [0, 0.05) is 31.2 Å². The van der Waals surface area contributed by atoms with Crippen LogP contribution in [0.25, 0.3) is 82.8 Å². The number of fused-ring (bicyclic) bond motifs is 7. The average Bonchev–Trinajstić information content (AvgIpc) is 3.85. The first-order chi connectivity index (χ1) is 31.3. The van der Waals surface area contributed by atoms with Gasteiger partial charge in [-0.1, -0.05) is 105 Å². The van der Waals surface area contributed by atoms with Crippen LogP contribution in [-0.4, -0.2) is 27.8 Å². The van der Waals surface area contributed by atoms with Crippen molar-refractivity contribution in [3.63, 3.8) is 0 Å². The fourth-order valence-corrected chi connectivity index (χ4v) is 11.2. The van der Waals surface area contributed by atoms with Crippen molar-refractivity contribution >= 4 is 72.2 Å². The normalized spacial score (nSPS) is 13.7. The average molecular weight is 1040 g/mol. The number of para-hydroxylation sites is 3. The molecule has 0 unspecified atom stereocenters. The molecular formula is C55H51GeIrN3O-2. The summed E-state index contributed by atoms with van der Waals surface area (Å²) in [6.45, 7) is 4.68. The van der Waals surface area contributed by atoms with Crippen molar-refractivity contribution in [3.05, 3.63) is 168 Å². The Morgan fingerprint density at radius 1 is 0.705 bits per heavy atom. The smallest absolute Gasteiger partial charge is 0 e. The number of furan rings is 1. The molecule has 0 fully saturated rings. The van der Waals surface area contributed by atoms with Gasteiger partial charge in [-0.15, -0.1) is 18.2 Å². The van der Waals surface area contributed by atoms with Crippen LogP contribution in [0.1, 0.15) is 70.0 Å². The van der Waals surface area contributed by atoms with E-state index in [1.165, 1.54) is 50.5 Å². The third-order valence-electron chi connectivity index (χ3n) is 11.4. The first-order valence-corrected chi connectivity index (χ1v) is 28.0. The zero-order valence-electron chi connectivity index (χ0n) is 41.4. The van der Waals surface area contributed by atoms with Gasteiger partial charge < -0.3 is 8.98 Å². The number of hydrogen-bond donors (Lipinski definition) is 0. The number of rotatable bonds is 6. The molecular weight excluding hydrogens is 983 g/mol. The van der Waals surface area contributed by atoms with Crippen molar-refractivity contribution in [2.45, 2.75) is 70.5 Å². The van der Waals surface area contributed by atoms with Gasteiger partial charge in [0.05, 0.1) is 22.4 Å². The number of imidazole rings is 1. The first-order valence-electron chi connectivity index (χ1n) is 23.6. The van der Waals surface area contributed by atoms with E-state index >= 15 is 0 Å². The zero-order valence-corrected chi connectivity index (χ0v) is 39.9. The van der Waals surface area contributed by atoms with Crippen LogP contribution in [0.4, 0.5) is 0 Å². The molecule has 0 aliphatic heterocycles. The molecule has 0 aliphatic carbocycles. The molecule has 3 heterocycles. The summed E-state index contributed by atoms with van der Waals surface area (Å²) in [5.41, 5.74) is 10.1. The Balaban J connectivity index is 0.000000209. The Labute approximate surface area is 384 Å². The van der Waals surface area contributed by atoms with Crippen molar-refractivity contribution in [2.75, 3.05) is 0 Å². The van der Waals surface area contributed by atoms with Crippen LogP contribution in [0.15, 0.2) is 138 Å². The van der Waals surface area contributed by atoms with Crippen molar-refractivity contribution in [3.8, 4) is 28.3 Å². The van der Waals surface area contributed by atoms with Crippen LogP contribution in [0.3, 0.4) is 0 Å². The minimum Gasteiger partial charge on any atom is 0 e. The predicted octanol–water partition coefficient (Wildman–Crippen LogP) is 14.7. The van der Waals surface area contributed by atoms with Gasteiger partial charge in [0.15, 0.2) is 0 Å². The van der Waals surface area contributed by atoms with Crippen LogP contribution in [0.2, 0.25) is 17.3 Å². The Morgan fingerprint density at radius 3 is 2.18 bits per heavy atom. The summed E-state index contributed by atoms with van der Waals surface area (Å²) in [5.74, 6) is 7.93. The van der Waals surface area contributed by atoms with Gasteiger partial charge in [-0.3, -0.25) is 4.98 Å². The summed E-state index contributed by atoms with van der Waals surface area (Å²) in [6.07, 6.45) is 1.67. The monoisotopic (exact) mass is 1040 g/mol. The molecule has 6 heteroatoms. The van der Waals surface area contributed by atoms with E-state index in [9.17, 15) is 0 Å². The van der Waals surface area contributed by atoms with Crippen LogP contribution in [-0.2, 0) is 20.1 Å². The molecule has 0 saturated carbocycles. The summed E-state index contributed by atoms with van der Waals surface area (Å²) >= 11 is -2.38. The molecule has 307 valence electrons. The van der Waals surface area contributed by atoms with Crippen molar-refractivity contribution < 1.29 is 32.7 Å². The zero-order chi connectivity index (χ0) is 46.9. The molecule has 7 aromatic carbocycles. The van der Waals surface area contributed by atoms with E-state index in [4.69, 9.17) is 17.6 Å². The molecule has 10 rings (SSSR count). The van der Waals surface area contributed by atoms with E-state index < -0.39 is 27.0 Å². The van der Waals surface area contributed by atoms with E-state index in [1.54, 1.807) is 18.3 Å². The maximum Gasteiger partial charge on any atom is 0 e. The summed E-state index contributed by atoms with van der Waals surface area (Å²) < 4.78 is 55.6. The molecule has 0 saturated heterocycles. The molecule has 3 aromatic heterocycles. The Hall–Kier alpha value is -5.33. The van der Waals surface area contributed by atoms with Gasteiger partial charge in [0.25, 0.3) is 0 Å². The van der Waals surface area contributed by atoms with E-state index in [0.717, 1.165) is 48.8 Å². The maximum absolute atomic E-state index is 7.82. The molecule has 1 radical (unpaired) electrons. The minimum atomic E-state index is -2.38. The fourth-order valence-electron chi connectivity index (χ4n) is 8.38. The minimum absolute atomic E-state index is 0. The van der Waals surface area contributed by atoms with Gasteiger partial charge in [-0.2, -0.15) is 0 Å². The summed E-state index contributed by atoms with van der Waals surface area (Å²) in [5, 5.41) is 7.05. The van der Waals surface area contributed by atoms with Crippen molar-refractivity contribution in [1.29, 1.82) is 0 Å². The second kappa shape index (κ2) is 16.9. The van der Waals surface area contributed by atoms with Crippen LogP contribution in [0.5, 0.6) is 0 Å². The molecule has 0 atom stereocenters. The Bertz CT molecular complexity index is 3430. The Morgan fingerprint density at radius 2 is 1.46 bits per heavy atom. The number of aromatic nitrogens is 3. The molecule has 61 heavy (non-hydrogen) atoms. The van der Waals surface area contributed by atoms with Crippen LogP contribution < -0.4 is 4.40 Å². The molecule has 0 bridgehead atoms. The topological polar surface area (TPSA) is 43.9 Å². The molecule has 0 aliphatic rings. The number of benzene rings is 7. The fraction of sp³-hybridized carbons (Fsp3) is 0.200. The summed E-state index contributed by atoms with van der Waals surface area (Å²) in [6, 6.07) is 49.2. The number of nitrogens with zero attached hydrogens (tertiary/aromatic N) is 3. The molecule has 10 aromatic rings. The van der Waals surface area contributed by atoms with Crippen LogP contribution in [0, 0.1) is 25.8 Å². The van der Waals surface area contributed by atoms with E-state index in [2.05, 4.69) is 164 Å². The summed E-state index contributed by atoms with van der Waals surface area (Å²) in [7, 11) is 0. The summed E-state index contributed by atoms with van der Waals surface area (Å²) in [4.78, 5) is 9.65. The predicted molar refractivity (Wildman–Crippen MR) is 257 cm³/mol. The SMILES string of the molecule is CC(C)c1cccc(C(C)C)c1-n1c(-c2[c-]ccc3c2oc2cc4c(ccc5ccccc54)cc23)nc2ccccc21.[2H]C([2H])([2H])c1c[c-]c(-c2cc(C([2H])([2H])[2H])[c]([Ge]([CH3])([CH3])[CH3])cn2)cc1.[Ir]. The van der Waals surface area contributed by atoms with Gasteiger partial charge in [0.2, 0.25) is 0 Å². The standard InChI is InChI=1S/C39H31N2O.C16H20GeN.Ir/c1-23(2)27-13-9-14-28(24(3)4)37(27)41-35-18-8-7-17-34(35)40-39(41)31-16-10-15-30-33-21-26-20-19-25-11-5-6-12-29(25)32(26)22-36(33)42-38(30)31;1-12-6-8-14(9-7-12)16-10-13(2)15(11-18-16)17(3,4)5;/h5-15,17-24H,1-4H3;6-8,10-11H,1-5H3;/q2*-1;/i;1D3,2D3;. The van der Waals surface area contributed by atoms with E-state index in [-0.39, 0.29) is 25.7 Å².